The summed E-state index contributed by atoms with van der Waals surface area (Å²) in [7, 11) is 3.09. The molecule has 1 saturated heterocycles. The van der Waals surface area contributed by atoms with E-state index in [0.29, 0.717) is 18.9 Å². The maximum atomic E-state index is 12.3. The van der Waals surface area contributed by atoms with Gasteiger partial charge >= 0.3 is 5.69 Å². The zero-order chi connectivity index (χ0) is 17.3. The van der Waals surface area contributed by atoms with Gasteiger partial charge in [0.05, 0.1) is 5.56 Å². The normalized spacial score (nSPS) is 14.8. The first kappa shape index (κ1) is 16.0. The van der Waals surface area contributed by atoms with E-state index in [0.717, 1.165) is 23.9 Å². The Morgan fingerprint density at radius 3 is 2.08 bits per heavy atom. The Kier molecular flexibility index (Phi) is 4.24. The standard InChI is InChI=1S/C17H21N5O2/c1-19-15(14(12-18)16(23)20(2)17(19)24)22-10-8-21(9-11-22)13-6-4-3-5-7-13/h3-7,12,18H,8-11H2,1-2H3. The maximum Gasteiger partial charge on any atom is 0.332 e. The van der Waals surface area contributed by atoms with Crippen LogP contribution in [0.2, 0.25) is 0 Å². The smallest absolute Gasteiger partial charge is 0.332 e. The third kappa shape index (κ3) is 2.62. The van der Waals surface area contributed by atoms with E-state index in [2.05, 4.69) is 17.0 Å². The Balaban J connectivity index is 1.91. The Labute approximate surface area is 139 Å². The zero-order valence-electron chi connectivity index (χ0n) is 13.9. The molecular formula is C17H21N5O2. The fourth-order valence-corrected chi connectivity index (χ4v) is 3.18. The van der Waals surface area contributed by atoms with Crippen LogP contribution in [0, 0.1) is 5.41 Å². The van der Waals surface area contributed by atoms with Crippen molar-refractivity contribution in [2.75, 3.05) is 36.0 Å². The number of nitrogens with one attached hydrogen (secondary N) is 1. The fraction of sp³-hybridized carbons (Fsp3) is 0.353. The molecule has 1 aromatic heterocycles. The number of aromatic nitrogens is 2. The van der Waals surface area contributed by atoms with Gasteiger partial charge in [-0.25, -0.2) is 4.79 Å². The van der Waals surface area contributed by atoms with Gasteiger partial charge in [-0.2, -0.15) is 0 Å². The third-order valence-corrected chi connectivity index (χ3v) is 4.51. The van der Waals surface area contributed by atoms with Gasteiger partial charge in [0.2, 0.25) is 0 Å². The lowest BCUT2D eigenvalue weighted by atomic mass is 10.2. The summed E-state index contributed by atoms with van der Waals surface area (Å²) in [6, 6.07) is 10.2. The Bertz CT molecular complexity index is 861. The van der Waals surface area contributed by atoms with Crippen LogP contribution in [0.25, 0.3) is 0 Å². The SMILES string of the molecule is Cn1c(N2CCN(c3ccccc3)CC2)c(C=N)c(=O)n(C)c1=O. The van der Waals surface area contributed by atoms with Gasteiger partial charge in [0.1, 0.15) is 5.82 Å². The van der Waals surface area contributed by atoms with E-state index in [1.165, 1.54) is 17.3 Å². The van der Waals surface area contributed by atoms with Gasteiger partial charge in [0.15, 0.2) is 0 Å². The van der Waals surface area contributed by atoms with Crippen LogP contribution in [0.3, 0.4) is 0 Å². The number of para-hydroxylation sites is 1. The summed E-state index contributed by atoms with van der Waals surface area (Å²) in [5, 5.41) is 7.59. The lowest BCUT2D eigenvalue weighted by Gasteiger charge is -2.38. The molecular weight excluding hydrogens is 306 g/mol. The molecule has 2 aromatic rings. The number of anilines is 2. The molecule has 1 aliphatic rings. The number of hydrogen-bond acceptors (Lipinski definition) is 5. The minimum Gasteiger partial charge on any atom is -0.368 e. The first-order valence-corrected chi connectivity index (χ1v) is 7.90. The molecule has 1 N–H and O–H groups in total. The van der Waals surface area contributed by atoms with Crippen molar-refractivity contribution in [2.24, 2.45) is 14.1 Å². The zero-order valence-corrected chi connectivity index (χ0v) is 13.9. The number of hydrogen-bond donors (Lipinski definition) is 1. The summed E-state index contributed by atoms with van der Waals surface area (Å²) in [6.07, 6.45) is 1.04. The van der Waals surface area contributed by atoms with E-state index in [1.807, 2.05) is 23.1 Å². The second kappa shape index (κ2) is 6.35. The summed E-state index contributed by atoms with van der Waals surface area (Å²) in [6.45, 7) is 2.97. The number of nitrogens with zero attached hydrogens (tertiary/aromatic N) is 4. The van der Waals surface area contributed by atoms with Crippen molar-refractivity contribution in [2.45, 2.75) is 0 Å². The lowest BCUT2D eigenvalue weighted by Crippen LogP contribution is -2.50. The molecule has 3 rings (SSSR count). The van der Waals surface area contributed by atoms with E-state index >= 15 is 0 Å². The Morgan fingerprint density at radius 2 is 1.50 bits per heavy atom. The monoisotopic (exact) mass is 327 g/mol. The van der Waals surface area contributed by atoms with E-state index in [1.54, 1.807) is 7.05 Å². The van der Waals surface area contributed by atoms with Gasteiger partial charge in [0, 0.05) is 52.2 Å². The van der Waals surface area contributed by atoms with Crippen molar-refractivity contribution in [3.05, 3.63) is 56.7 Å². The minimum absolute atomic E-state index is 0.257. The highest BCUT2D eigenvalue weighted by molar-refractivity contribution is 5.84. The second-order valence-corrected chi connectivity index (χ2v) is 5.90. The van der Waals surface area contributed by atoms with Crippen LogP contribution in [0.15, 0.2) is 39.9 Å². The minimum atomic E-state index is -0.423. The van der Waals surface area contributed by atoms with E-state index in [-0.39, 0.29) is 11.3 Å². The molecule has 1 fully saturated rings. The van der Waals surface area contributed by atoms with Crippen LogP contribution in [0.5, 0.6) is 0 Å². The Hall–Kier alpha value is -2.83. The molecule has 24 heavy (non-hydrogen) atoms. The van der Waals surface area contributed by atoms with Crippen LogP contribution in [0.4, 0.5) is 11.5 Å². The van der Waals surface area contributed by atoms with Crippen LogP contribution in [0.1, 0.15) is 5.56 Å². The summed E-state index contributed by atoms with van der Waals surface area (Å²) >= 11 is 0. The van der Waals surface area contributed by atoms with Crippen LogP contribution >= 0.6 is 0 Å². The topological polar surface area (TPSA) is 74.3 Å². The van der Waals surface area contributed by atoms with Crippen molar-refractivity contribution < 1.29 is 0 Å². The van der Waals surface area contributed by atoms with Crippen LogP contribution in [-0.2, 0) is 14.1 Å². The summed E-state index contributed by atoms with van der Waals surface area (Å²) in [5.74, 6) is 0.533. The van der Waals surface area contributed by atoms with E-state index in [4.69, 9.17) is 5.41 Å². The van der Waals surface area contributed by atoms with Crippen molar-refractivity contribution in [1.82, 2.24) is 9.13 Å². The molecule has 2 heterocycles. The highest BCUT2D eigenvalue weighted by atomic mass is 16.2. The molecule has 0 bridgehead atoms. The molecule has 7 heteroatoms. The van der Waals surface area contributed by atoms with Crippen molar-refractivity contribution in [3.63, 3.8) is 0 Å². The van der Waals surface area contributed by atoms with Crippen LogP contribution in [-0.4, -0.2) is 41.5 Å². The summed E-state index contributed by atoms with van der Waals surface area (Å²) < 4.78 is 2.50. The average molecular weight is 327 g/mol. The molecule has 1 aromatic carbocycles. The fourth-order valence-electron chi connectivity index (χ4n) is 3.18. The molecule has 0 radical (unpaired) electrons. The third-order valence-electron chi connectivity index (χ3n) is 4.51. The molecule has 0 saturated carbocycles. The lowest BCUT2D eigenvalue weighted by molar-refractivity contribution is 0.609. The van der Waals surface area contributed by atoms with Crippen LogP contribution < -0.4 is 21.0 Å². The van der Waals surface area contributed by atoms with Gasteiger partial charge in [0.25, 0.3) is 5.56 Å². The predicted octanol–water partition coefficient (Wildman–Crippen LogP) is 0.408. The summed E-state index contributed by atoms with van der Waals surface area (Å²) in [4.78, 5) is 28.8. The predicted molar refractivity (Wildman–Crippen MR) is 95.7 cm³/mol. The molecule has 0 amide bonds. The molecule has 126 valence electrons. The largest absolute Gasteiger partial charge is 0.368 e. The van der Waals surface area contributed by atoms with Gasteiger partial charge in [-0.15, -0.1) is 0 Å². The molecule has 0 atom stereocenters. The maximum absolute atomic E-state index is 12.3. The number of rotatable bonds is 3. The van der Waals surface area contributed by atoms with Gasteiger partial charge in [-0.3, -0.25) is 13.9 Å². The molecule has 7 nitrogen and oxygen atoms in total. The van der Waals surface area contributed by atoms with E-state index in [9.17, 15) is 9.59 Å². The number of benzene rings is 1. The van der Waals surface area contributed by atoms with E-state index < -0.39 is 5.56 Å². The number of piperazine rings is 1. The molecule has 1 aliphatic heterocycles. The summed E-state index contributed by atoms with van der Waals surface area (Å²) in [5.41, 5.74) is 0.634. The highest BCUT2D eigenvalue weighted by Gasteiger charge is 2.23. The quantitative estimate of drug-likeness (QED) is 0.829. The second-order valence-electron chi connectivity index (χ2n) is 5.90. The molecule has 0 spiro atoms. The Morgan fingerprint density at radius 1 is 0.917 bits per heavy atom. The van der Waals surface area contributed by atoms with Gasteiger partial charge in [-0.05, 0) is 12.1 Å². The molecule has 0 aliphatic carbocycles. The van der Waals surface area contributed by atoms with Crippen molar-refractivity contribution in [3.8, 4) is 0 Å². The molecule has 0 unspecified atom stereocenters. The first-order valence-electron chi connectivity index (χ1n) is 7.90. The average Bonchev–Trinajstić information content (AvgIpc) is 2.63. The highest BCUT2D eigenvalue weighted by Crippen LogP contribution is 2.20. The van der Waals surface area contributed by atoms with Crippen molar-refractivity contribution in [1.29, 1.82) is 5.41 Å². The van der Waals surface area contributed by atoms with Gasteiger partial charge < -0.3 is 15.2 Å². The first-order chi connectivity index (χ1) is 11.5. The van der Waals surface area contributed by atoms with Gasteiger partial charge in [-0.1, -0.05) is 18.2 Å². The van der Waals surface area contributed by atoms with Crippen molar-refractivity contribution >= 4 is 17.7 Å².